The van der Waals surface area contributed by atoms with Crippen molar-refractivity contribution in [2.75, 3.05) is 5.75 Å². The Hall–Kier alpha value is -1.73. The lowest BCUT2D eigenvalue weighted by atomic mass is 10.3. The van der Waals surface area contributed by atoms with Gasteiger partial charge in [-0.05, 0) is 17.7 Å². The summed E-state index contributed by atoms with van der Waals surface area (Å²) in [6.07, 6.45) is 0.314. The maximum Gasteiger partial charge on any atom is 0.124 e. The fourth-order valence-electron chi connectivity index (χ4n) is 1.78. The van der Waals surface area contributed by atoms with Gasteiger partial charge in [-0.2, -0.15) is 17.9 Å². The summed E-state index contributed by atoms with van der Waals surface area (Å²) in [6, 6.07) is 10.0. The lowest BCUT2D eigenvalue weighted by Crippen LogP contribution is -2.06. The molecule has 0 fully saturated rings. The molecule has 0 saturated heterocycles. The Morgan fingerprint density at radius 3 is 2.94 bits per heavy atom. The maximum atomic E-state index is 8.82. The second-order valence-corrected chi connectivity index (χ2v) is 4.16. The van der Waals surface area contributed by atoms with E-state index in [0.717, 1.165) is 22.4 Å². The van der Waals surface area contributed by atoms with Gasteiger partial charge in [-0.15, -0.1) is 0 Å². The van der Waals surface area contributed by atoms with Gasteiger partial charge in [0, 0.05) is 12.3 Å². The van der Waals surface area contributed by atoms with Crippen molar-refractivity contribution in [2.24, 2.45) is 0 Å². The lowest BCUT2D eigenvalue weighted by Gasteiger charge is -2.08. The molecule has 0 aliphatic heterocycles. The van der Waals surface area contributed by atoms with E-state index >= 15 is 0 Å². The Kier molecular flexibility index (Phi) is 3.50. The van der Waals surface area contributed by atoms with E-state index in [1.165, 1.54) is 0 Å². The first-order chi connectivity index (χ1) is 8.26. The van der Waals surface area contributed by atoms with Gasteiger partial charge in [0.25, 0.3) is 0 Å². The first-order valence-electron chi connectivity index (χ1n) is 5.35. The quantitative estimate of drug-likeness (QED) is 0.662. The summed E-state index contributed by atoms with van der Waals surface area (Å²) in [5.74, 6) is 1.43. The second-order valence-electron chi connectivity index (χ2n) is 3.85. The van der Waals surface area contributed by atoms with Crippen LogP contribution < -0.4 is 0 Å². The highest BCUT2D eigenvalue weighted by molar-refractivity contribution is 7.80. The molecule has 0 N–H and O–H groups in total. The Bertz CT molecular complexity index is 592. The number of hydrogen-bond acceptors (Lipinski definition) is 3. The van der Waals surface area contributed by atoms with Gasteiger partial charge in [0.15, 0.2) is 0 Å². The van der Waals surface area contributed by atoms with Gasteiger partial charge in [0.05, 0.1) is 23.5 Å². The zero-order chi connectivity index (χ0) is 12.3. The highest BCUT2D eigenvalue weighted by Crippen LogP contribution is 2.17. The van der Waals surface area contributed by atoms with Gasteiger partial charge in [-0.25, -0.2) is 4.98 Å². The molecule has 4 heteroatoms. The molecule has 0 bridgehead atoms. The number of aromatic nitrogens is 2. The van der Waals surface area contributed by atoms with Crippen LogP contribution in [0.1, 0.15) is 5.82 Å². The summed E-state index contributed by atoms with van der Waals surface area (Å²) in [5, 5.41) is 8.82. The lowest BCUT2D eigenvalue weighted by molar-refractivity contribution is 0.762. The number of fused-ring (bicyclic) bond motifs is 1. The van der Waals surface area contributed by atoms with E-state index < -0.39 is 0 Å². The van der Waals surface area contributed by atoms with E-state index in [4.69, 9.17) is 5.26 Å². The summed E-state index contributed by atoms with van der Waals surface area (Å²) in [6.45, 7) is 4.62. The number of nitriles is 1. The molecule has 2 aromatic rings. The number of nitrogens with zero attached hydrogens (tertiary/aromatic N) is 3. The van der Waals surface area contributed by atoms with Crippen LogP contribution in [0.4, 0.5) is 0 Å². The molecule has 17 heavy (non-hydrogen) atoms. The van der Waals surface area contributed by atoms with E-state index in [-0.39, 0.29) is 0 Å². The molecule has 0 amide bonds. The Morgan fingerprint density at radius 2 is 2.24 bits per heavy atom. The van der Waals surface area contributed by atoms with Crippen LogP contribution in [0.3, 0.4) is 0 Å². The minimum Gasteiger partial charge on any atom is -0.323 e. The molecule has 0 aliphatic carbocycles. The number of imidazole rings is 1. The van der Waals surface area contributed by atoms with Crippen LogP contribution in [0.2, 0.25) is 0 Å². The van der Waals surface area contributed by atoms with Crippen molar-refractivity contribution in [3.05, 3.63) is 42.2 Å². The number of hydrogen-bond donors (Lipinski definition) is 1. The topological polar surface area (TPSA) is 41.6 Å². The third-order valence-electron chi connectivity index (χ3n) is 2.58. The summed E-state index contributed by atoms with van der Waals surface area (Å²) in [4.78, 5) is 4.46. The fraction of sp³-hybridized carbons (Fsp3) is 0.231. The first kappa shape index (κ1) is 11.7. The Morgan fingerprint density at radius 1 is 1.47 bits per heavy atom. The van der Waals surface area contributed by atoms with Gasteiger partial charge in [0.2, 0.25) is 0 Å². The largest absolute Gasteiger partial charge is 0.323 e. The van der Waals surface area contributed by atoms with E-state index in [2.05, 4.69) is 30.3 Å². The van der Waals surface area contributed by atoms with Crippen molar-refractivity contribution >= 4 is 23.7 Å². The second kappa shape index (κ2) is 5.07. The van der Waals surface area contributed by atoms with Crippen molar-refractivity contribution < 1.29 is 0 Å². The molecule has 0 unspecified atom stereocenters. The minimum atomic E-state index is 0.314. The third-order valence-corrected chi connectivity index (χ3v) is 3.02. The molecule has 86 valence electrons. The molecule has 1 heterocycles. The average Bonchev–Trinajstić information content (AvgIpc) is 2.68. The zero-order valence-electron chi connectivity index (χ0n) is 9.43. The number of para-hydroxylation sites is 2. The van der Waals surface area contributed by atoms with Crippen LogP contribution in [0.15, 0.2) is 36.4 Å². The van der Waals surface area contributed by atoms with Crippen molar-refractivity contribution in [1.29, 1.82) is 5.26 Å². The summed E-state index contributed by atoms with van der Waals surface area (Å²) in [7, 11) is 0. The molecule has 0 saturated carbocycles. The normalized spacial score (nSPS) is 10.4. The summed E-state index contributed by atoms with van der Waals surface area (Å²) < 4.78 is 2.04. The number of thiol groups is 1. The molecule has 3 nitrogen and oxygen atoms in total. The molecular formula is C13H13N3S. The molecule has 1 aromatic heterocycles. The Balaban J connectivity index is 2.52. The molecule has 0 atom stereocenters. The zero-order valence-corrected chi connectivity index (χ0v) is 10.3. The Labute approximate surface area is 106 Å². The molecule has 1 aromatic carbocycles. The molecule has 0 radical (unpaired) electrons. The van der Waals surface area contributed by atoms with Crippen molar-refractivity contribution in [1.82, 2.24) is 9.55 Å². The predicted molar refractivity (Wildman–Crippen MR) is 72.0 cm³/mol. The summed E-state index contributed by atoms with van der Waals surface area (Å²) in [5.41, 5.74) is 2.97. The molecule has 0 spiro atoms. The third kappa shape index (κ3) is 2.34. The van der Waals surface area contributed by atoms with Gasteiger partial charge in [-0.1, -0.05) is 18.7 Å². The van der Waals surface area contributed by atoms with E-state index in [1.54, 1.807) is 0 Å². The van der Waals surface area contributed by atoms with Gasteiger partial charge < -0.3 is 4.57 Å². The highest BCUT2D eigenvalue weighted by Gasteiger charge is 2.10. The number of rotatable bonds is 4. The minimum absolute atomic E-state index is 0.314. The van der Waals surface area contributed by atoms with Crippen LogP contribution in [-0.2, 0) is 13.0 Å². The molecular weight excluding hydrogens is 230 g/mol. The smallest absolute Gasteiger partial charge is 0.124 e. The van der Waals surface area contributed by atoms with Gasteiger partial charge in [0.1, 0.15) is 5.82 Å². The van der Waals surface area contributed by atoms with Crippen LogP contribution in [0.5, 0.6) is 0 Å². The maximum absolute atomic E-state index is 8.82. The van der Waals surface area contributed by atoms with Crippen LogP contribution in [0, 0.1) is 11.3 Å². The van der Waals surface area contributed by atoms with Crippen molar-refractivity contribution in [3.63, 3.8) is 0 Å². The van der Waals surface area contributed by atoms with E-state index in [9.17, 15) is 0 Å². The van der Waals surface area contributed by atoms with Crippen LogP contribution in [0.25, 0.3) is 11.0 Å². The highest BCUT2D eigenvalue weighted by atomic mass is 32.1. The van der Waals surface area contributed by atoms with Crippen LogP contribution in [-0.4, -0.2) is 15.3 Å². The van der Waals surface area contributed by atoms with E-state index in [0.29, 0.717) is 18.7 Å². The van der Waals surface area contributed by atoms with E-state index in [1.807, 2.05) is 28.8 Å². The van der Waals surface area contributed by atoms with Crippen molar-refractivity contribution in [3.8, 4) is 6.07 Å². The summed E-state index contributed by atoms with van der Waals surface area (Å²) >= 11 is 4.21. The molecule has 2 rings (SSSR count). The monoisotopic (exact) mass is 243 g/mol. The standard InChI is InChI=1S/C13H13N3S/c1-10(9-17)8-16-12-5-3-2-4-11(12)15-13(16)6-7-14/h2-5,17H,1,6,8-9H2. The van der Waals surface area contributed by atoms with Crippen LogP contribution >= 0.6 is 12.6 Å². The van der Waals surface area contributed by atoms with Gasteiger partial charge >= 0.3 is 0 Å². The van der Waals surface area contributed by atoms with Crippen molar-refractivity contribution in [2.45, 2.75) is 13.0 Å². The molecule has 0 aliphatic rings. The average molecular weight is 243 g/mol. The first-order valence-corrected chi connectivity index (χ1v) is 5.98. The predicted octanol–water partition coefficient (Wildman–Crippen LogP) is 2.59. The van der Waals surface area contributed by atoms with Gasteiger partial charge in [-0.3, -0.25) is 0 Å². The SMILES string of the molecule is C=C(CS)Cn1c(CC#N)nc2ccccc21. The number of benzene rings is 1. The fourth-order valence-corrected chi connectivity index (χ4v) is 1.88.